The van der Waals surface area contributed by atoms with Gasteiger partial charge in [0.2, 0.25) is 0 Å². The second kappa shape index (κ2) is 3.92. The molecule has 1 atom stereocenters. The molecule has 1 aliphatic carbocycles. The molecule has 5 nitrogen and oxygen atoms in total. The standard InChI is InChI=1S/C12H14N4O/c1-8-7-9-10(3-2-4-11(9)17)16(8)12-13-5-6-14-15-12/h5-7,11,17H,2-4H2,1H3. The number of hydrogen-bond donors (Lipinski definition) is 1. The van der Waals surface area contributed by atoms with Crippen LogP contribution >= 0.6 is 0 Å². The molecule has 0 aliphatic heterocycles. The third-order valence-electron chi connectivity index (χ3n) is 3.24. The van der Waals surface area contributed by atoms with Crippen molar-refractivity contribution in [3.63, 3.8) is 0 Å². The molecule has 0 spiro atoms. The summed E-state index contributed by atoms with van der Waals surface area (Å²) in [5, 5.41) is 17.9. The number of aliphatic hydroxyl groups excluding tert-OH is 1. The van der Waals surface area contributed by atoms with Crippen molar-refractivity contribution in [2.24, 2.45) is 0 Å². The maximum absolute atomic E-state index is 9.98. The molecular formula is C12H14N4O. The summed E-state index contributed by atoms with van der Waals surface area (Å²) in [4.78, 5) is 4.22. The highest BCUT2D eigenvalue weighted by atomic mass is 16.3. The average molecular weight is 230 g/mol. The minimum atomic E-state index is -0.352. The second-order valence-electron chi connectivity index (χ2n) is 4.37. The van der Waals surface area contributed by atoms with Gasteiger partial charge in [-0.05, 0) is 32.3 Å². The van der Waals surface area contributed by atoms with Gasteiger partial charge in [0, 0.05) is 17.0 Å². The smallest absolute Gasteiger partial charge is 0.253 e. The van der Waals surface area contributed by atoms with Crippen LogP contribution < -0.4 is 0 Å². The average Bonchev–Trinajstić information content (AvgIpc) is 2.68. The zero-order chi connectivity index (χ0) is 11.8. The molecule has 1 aliphatic rings. The molecule has 1 N–H and O–H groups in total. The van der Waals surface area contributed by atoms with Gasteiger partial charge in [-0.1, -0.05) is 0 Å². The van der Waals surface area contributed by atoms with Crippen LogP contribution in [0.2, 0.25) is 0 Å². The highest BCUT2D eigenvalue weighted by molar-refractivity contribution is 5.36. The van der Waals surface area contributed by atoms with E-state index in [2.05, 4.69) is 15.2 Å². The maximum Gasteiger partial charge on any atom is 0.253 e. The molecule has 0 radical (unpaired) electrons. The van der Waals surface area contributed by atoms with Gasteiger partial charge in [0.05, 0.1) is 18.5 Å². The molecule has 5 heteroatoms. The summed E-state index contributed by atoms with van der Waals surface area (Å²) in [5.74, 6) is 0.584. The van der Waals surface area contributed by atoms with Crippen LogP contribution in [-0.4, -0.2) is 24.9 Å². The number of hydrogen-bond acceptors (Lipinski definition) is 4. The third-order valence-corrected chi connectivity index (χ3v) is 3.24. The van der Waals surface area contributed by atoms with Gasteiger partial charge < -0.3 is 5.11 Å². The molecule has 0 saturated heterocycles. The molecule has 2 aromatic heterocycles. The van der Waals surface area contributed by atoms with Gasteiger partial charge in [-0.2, -0.15) is 5.10 Å². The van der Waals surface area contributed by atoms with Crippen LogP contribution in [0.5, 0.6) is 0 Å². The lowest BCUT2D eigenvalue weighted by atomic mass is 9.95. The molecule has 2 heterocycles. The first-order valence-corrected chi connectivity index (χ1v) is 5.80. The quantitative estimate of drug-likeness (QED) is 0.803. The number of fused-ring (bicyclic) bond motifs is 1. The summed E-state index contributed by atoms with van der Waals surface area (Å²) in [5.41, 5.74) is 3.18. The fourth-order valence-electron chi connectivity index (χ4n) is 2.50. The highest BCUT2D eigenvalue weighted by Crippen LogP contribution is 2.32. The number of aromatic nitrogens is 4. The van der Waals surface area contributed by atoms with Crippen molar-refractivity contribution >= 4 is 0 Å². The molecule has 0 aromatic carbocycles. The highest BCUT2D eigenvalue weighted by Gasteiger charge is 2.24. The first-order chi connectivity index (χ1) is 8.27. The van der Waals surface area contributed by atoms with E-state index in [1.807, 2.05) is 17.6 Å². The summed E-state index contributed by atoms with van der Waals surface area (Å²) < 4.78 is 1.99. The second-order valence-corrected chi connectivity index (χ2v) is 4.37. The van der Waals surface area contributed by atoms with Gasteiger partial charge in [0.25, 0.3) is 5.95 Å². The van der Waals surface area contributed by atoms with Crippen molar-refractivity contribution in [3.05, 3.63) is 35.4 Å². The van der Waals surface area contributed by atoms with Crippen LogP contribution in [0.4, 0.5) is 0 Å². The Morgan fingerprint density at radius 2 is 2.29 bits per heavy atom. The minimum absolute atomic E-state index is 0.352. The molecule has 2 aromatic rings. The van der Waals surface area contributed by atoms with E-state index < -0.39 is 0 Å². The summed E-state index contributed by atoms with van der Waals surface area (Å²) in [6, 6.07) is 2.02. The number of aryl methyl sites for hydroxylation is 1. The van der Waals surface area contributed by atoms with E-state index in [0.717, 1.165) is 36.2 Å². The fraction of sp³-hybridized carbons (Fsp3) is 0.417. The lowest BCUT2D eigenvalue weighted by Crippen LogP contribution is -2.13. The molecule has 0 fully saturated rings. The van der Waals surface area contributed by atoms with Gasteiger partial charge in [0.1, 0.15) is 0 Å². The van der Waals surface area contributed by atoms with E-state index in [1.54, 1.807) is 12.4 Å². The fourth-order valence-corrected chi connectivity index (χ4v) is 2.50. The monoisotopic (exact) mass is 230 g/mol. The van der Waals surface area contributed by atoms with Crippen molar-refractivity contribution in [2.75, 3.05) is 0 Å². The Labute approximate surface area is 99.1 Å². The molecule has 3 rings (SSSR count). The molecule has 0 bridgehead atoms. The van der Waals surface area contributed by atoms with Gasteiger partial charge in [-0.3, -0.25) is 4.57 Å². The Hall–Kier alpha value is -1.75. The zero-order valence-corrected chi connectivity index (χ0v) is 9.67. The molecule has 0 amide bonds. The lowest BCUT2D eigenvalue weighted by Gasteiger charge is -2.19. The van der Waals surface area contributed by atoms with Crippen LogP contribution in [0, 0.1) is 6.92 Å². The molecule has 88 valence electrons. The van der Waals surface area contributed by atoms with Gasteiger partial charge in [-0.25, -0.2) is 4.98 Å². The topological polar surface area (TPSA) is 63.8 Å². The van der Waals surface area contributed by atoms with Crippen molar-refractivity contribution in [2.45, 2.75) is 32.3 Å². The summed E-state index contributed by atoms with van der Waals surface area (Å²) >= 11 is 0. The molecule has 1 unspecified atom stereocenters. The van der Waals surface area contributed by atoms with Crippen LogP contribution in [0.3, 0.4) is 0 Å². The predicted octanol–water partition coefficient (Wildman–Crippen LogP) is 1.34. The van der Waals surface area contributed by atoms with E-state index >= 15 is 0 Å². The number of aliphatic hydroxyl groups is 1. The van der Waals surface area contributed by atoms with Crippen LogP contribution in [-0.2, 0) is 6.42 Å². The largest absolute Gasteiger partial charge is 0.388 e. The van der Waals surface area contributed by atoms with E-state index in [0.29, 0.717) is 5.95 Å². The Bertz CT molecular complexity index is 535. The van der Waals surface area contributed by atoms with E-state index in [9.17, 15) is 5.11 Å². The molecule has 17 heavy (non-hydrogen) atoms. The van der Waals surface area contributed by atoms with E-state index in [-0.39, 0.29) is 6.10 Å². The Kier molecular flexibility index (Phi) is 2.40. The minimum Gasteiger partial charge on any atom is -0.388 e. The third kappa shape index (κ3) is 1.63. The first-order valence-electron chi connectivity index (χ1n) is 5.80. The van der Waals surface area contributed by atoms with Gasteiger partial charge in [-0.15, -0.1) is 5.10 Å². The SMILES string of the molecule is Cc1cc2c(n1-c1nccnn1)CCCC2O. The lowest BCUT2D eigenvalue weighted by molar-refractivity contribution is 0.156. The van der Waals surface area contributed by atoms with Crippen molar-refractivity contribution < 1.29 is 5.11 Å². The Morgan fingerprint density at radius 1 is 1.41 bits per heavy atom. The summed E-state index contributed by atoms with van der Waals surface area (Å²) in [7, 11) is 0. The zero-order valence-electron chi connectivity index (χ0n) is 9.67. The summed E-state index contributed by atoms with van der Waals surface area (Å²) in [6.45, 7) is 2.00. The summed E-state index contributed by atoms with van der Waals surface area (Å²) in [6.07, 6.45) is 5.63. The normalized spacial score (nSPS) is 19.1. The van der Waals surface area contributed by atoms with Crippen molar-refractivity contribution in [3.8, 4) is 5.95 Å². The first kappa shape index (κ1) is 10.4. The number of rotatable bonds is 1. The Morgan fingerprint density at radius 3 is 3.06 bits per heavy atom. The maximum atomic E-state index is 9.98. The molecular weight excluding hydrogens is 216 g/mol. The van der Waals surface area contributed by atoms with E-state index in [1.165, 1.54) is 0 Å². The van der Waals surface area contributed by atoms with Crippen LogP contribution in [0.15, 0.2) is 18.5 Å². The van der Waals surface area contributed by atoms with Gasteiger partial charge in [0.15, 0.2) is 0 Å². The number of nitrogens with zero attached hydrogens (tertiary/aromatic N) is 4. The van der Waals surface area contributed by atoms with Crippen LogP contribution in [0.1, 0.15) is 35.9 Å². The van der Waals surface area contributed by atoms with E-state index in [4.69, 9.17) is 0 Å². The predicted molar refractivity (Wildman–Crippen MR) is 61.8 cm³/mol. The van der Waals surface area contributed by atoms with Gasteiger partial charge >= 0.3 is 0 Å². The molecule has 0 saturated carbocycles. The van der Waals surface area contributed by atoms with Crippen molar-refractivity contribution in [1.82, 2.24) is 19.7 Å². The van der Waals surface area contributed by atoms with Crippen molar-refractivity contribution in [1.29, 1.82) is 0 Å². The Balaban J connectivity index is 2.18. The van der Waals surface area contributed by atoms with Crippen LogP contribution in [0.25, 0.3) is 5.95 Å².